The number of carbonyl (C=O) groups is 1. The van der Waals surface area contributed by atoms with Crippen LogP contribution in [-0.4, -0.2) is 18.0 Å². The highest BCUT2D eigenvalue weighted by Gasteiger charge is 2.13. The zero-order valence-electron chi connectivity index (χ0n) is 13.6. The topological polar surface area (TPSA) is 54.1 Å². The van der Waals surface area contributed by atoms with Crippen LogP contribution < -0.4 is 10.1 Å². The monoisotopic (exact) mass is 386 g/mol. The number of para-hydroxylation sites is 1. The van der Waals surface area contributed by atoms with E-state index in [2.05, 4.69) is 26.2 Å². The summed E-state index contributed by atoms with van der Waals surface area (Å²) in [5.41, 5.74) is 3.08. The number of aromatic amines is 1. The molecule has 1 aromatic heterocycles. The molecule has 0 aliphatic heterocycles. The number of hydrogen-bond acceptors (Lipinski definition) is 2. The molecule has 0 saturated heterocycles. The first kappa shape index (κ1) is 16.6. The lowest BCUT2D eigenvalue weighted by Crippen LogP contribution is -2.28. The molecule has 0 bridgehead atoms. The van der Waals surface area contributed by atoms with Gasteiger partial charge in [-0.25, -0.2) is 0 Å². The molecule has 1 heterocycles. The summed E-state index contributed by atoms with van der Waals surface area (Å²) >= 11 is 3.48. The number of amides is 1. The number of hydrogen-bond donors (Lipinski definition) is 2. The fourth-order valence-electron chi connectivity index (χ4n) is 2.78. The van der Waals surface area contributed by atoms with Crippen molar-refractivity contribution in [2.75, 3.05) is 7.11 Å². The van der Waals surface area contributed by atoms with Crippen molar-refractivity contribution < 1.29 is 9.53 Å². The largest absolute Gasteiger partial charge is 0.496 e. The Labute approximate surface area is 149 Å². The van der Waals surface area contributed by atoms with Crippen molar-refractivity contribution in [1.29, 1.82) is 0 Å². The van der Waals surface area contributed by atoms with Gasteiger partial charge in [-0.15, -0.1) is 0 Å². The smallest absolute Gasteiger partial charge is 0.224 e. The third-order valence-corrected chi connectivity index (χ3v) is 4.70. The lowest BCUT2D eigenvalue weighted by atomic mass is 10.1. The van der Waals surface area contributed by atoms with Gasteiger partial charge < -0.3 is 15.0 Å². The molecule has 2 aromatic carbocycles. The summed E-state index contributed by atoms with van der Waals surface area (Å²) in [6.45, 7) is 1.97. The number of benzene rings is 2. The van der Waals surface area contributed by atoms with Gasteiger partial charge in [-0.3, -0.25) is 4.79 Å². The number of halogens is 1. The number of nitrogens with one attached hydrogen (secondary N) is 2. The molecule has 0 unspecified atom stereocenters. The van der Waals surface area contributed by atoms with E-state index in [0.717, 1.165) is 32.3 Å². The van der Waals surface area contributed by atoms with Gasteiger partial charge in [0.05, 0.1) is 24.0 Å². The molecule has 0 spiro atoms. The minimum atomic E-state index is -0.0788. The van der Waals surface area contributed by atoms with Crippen LogP contribution in [0.3, 0.4) is 0 Å². The molecule has 1 atom stereocenters. The van der Waals surface area contributed by atoms with E-state index in [0.29, 0.717) is 6.42 Å². The van der Waals surface area contributed by atoms with Crippen LogP contribution in [0.25, 0.3) is 10.9 Å². The van der Waals surface area contributed by atoms with Crippen LogP contribution in [0.4, 0.5) is 0 Å². The molecule has 124 valence electrons. The minimum Gasteiger partial charge on any atom is -0.496 e. The molecule has 0 radical (unpaired) electrons. The van der Waals surface area contributed by atoms with Crippen LogP contribution >= 0.6 is 15.9 Å². The van der Waals surface area contributed by atoms with E-state index in [9.17, 15) is 4.79 Å². The Morgan fingerprint density at radius 3 is 2.83 bits per heavy atom. The van der Waals surface area contributed by atoms with Gasteiger partial charge in [-0.05, 0) is 52.2 Å². The normalized spacial score (nSPS) is 12.1. The van der Waals surface area contributed by atoms with Crippen molar-refractivity contribution >= 4 is 32.7 Å². The van der Waals surface area contributed by atoms with Crippen molar-refractivity contribution in [3.63, 3.8) is 0 Å². The first-order chi connectivity index (χ1) is 11.6. The fraction of sp³-hybridized carbons (Fsp3) is 0.211. The Morgan fingerprint density at radius 1 is 1.29 bits per heavy atom. The lowest BCUT2D eigenvalue weighted by Gasteiger charge is -2.15. The highest BCUT2D eigenvalue weighted by Crippen LogP contribution is 2.28. The van der Waals surface area contributed by atoms with Crippen LogP contribution in [-0.2, 0) is 11.2 Å². The Hall–Kier alpha value is -2.27. The minimum absolute atomic E-state index is 0.000747. The predicted molar refractivity (Wildman–Crippen MR) is 99.3 cm³/mol. The summed E-state index contributed by atoms with van der Waals surface area (Å²) in [4.78, 5) is 15.6. The van der Waals surface area contributed by atoms with Gasteiger partial charge in [0.1, 0.15) is 5.75 Å². The third kappa shape index (κ3) is 3.46. The highest BCUT2D eigenvalue weighted by molar-refractivity contribution is 9.10. The summed E-state index contributed by atoms with van der Waals surface area (Å²) in [6, 6.07) is 13.7. The maximum absolute atomic E-state index is 12.4. The molecule has 5 heteroatoms. The standard InChI is InChI=1S/C19H19BrN2O2/c1-12(13-7-8-18(24-2)16(20)9-13)22-19(23)10-14-11-21-17-6-4-3-5-15(14)17/h3-9,11-12,21H,10H2,1-2H3,(H,22,23)/t12-/m0/s1. The van der Waals surface area contributed by atoms with Crippen LogP contribution in [0.5, 0.6) is 5.75 Å². The zero-order valence-corrected chi connectivity index (χ0v) is 15.2. The van der Waals surface area contributed by atoms with E-state index in [1.165, 1.54) is 0 Å². The second-order valence-corrected chi connectivity index (χ2v) is 6.57. The summed E-state index contributed by atoms with van der Waals surface area (Å²) < 4.78 is 6.11. The summed E-state index contributed by atoms with van der Waals surface area (Å²) in [7, 11) is 1.63. The molecule has 0 fully saturated rings. The first-order valence-electron chi connectivity index (χ1n) is 7.76. The number of ether oxygens (including phenoxy) is 1. The summed E-state index contributed by atoms with van der Waals surface area (Å²) in [5, 5.41) is 4.14. The number of fused-ring (bicyclic) bond motifs is 1. The van der Waals surface area contributed by atoms with Crippen molar-refractivity contribution in [3.05, 3.63) is 64.3 Å². The summed E-state index contributed by atoms with van der Waals surface area (Å²) in [6.07, 6.45) is 2.25. The molecule has 3 rings (SSSR count). The quantitative estimate of drug-likeness (QED) is 0.684. The van der Waals surface area contributed by atoms with E-state index in [-0.39, 0.29) is 11.9 Å². The molecule has 1 amide bonds. The SMILES string of the molecule is COc1ccc([C@H](C)NC(=O)Cc2c[nH]c3ccccc23)cc1Br. The van der Waals surface area contributed by atoms with E-state index >= 15 is 0 Å². The van der Waals surface area contributed by atoms with Crippen molar-refractivity contribution in [2.45, 2.75) is 19.4 Å². The fourth-order valence-corrected chi connectivity index (χ4v) is 3.34. The van der Waals surface area contributed by atoms with E-state index in [4.69, 9.17) is 4.74 Å². The molecule has 0 aliphatic carbocycles. The molecule has 24 heavy (non-hydrogen) atoms. The maximum Gasteiger partial charge on any atom is 0.224 e. The van der Waals surface area contributed by atoms with Gasteiger partial charge in [0.25, 0.3) is 0 Å². The van der Waals surface area contributed by atoms with Gasteiger partial charge in [-0.1, -0.05) is 24.3 Å². The van der Waals surface area contributed by atoms with Crippen LogP contribution in [0.2, 0.25) is 0 Å². The Bertz CT molecular complexity index is 873. The molecule has 0 saturated carbocycles. The Kier molecular flexibility index (Phi) is 4.90. The number of H-pyrrole nitrogens is 1. The second-order valence-electron chi connectivity index (χ2n) is 5.72. The van der Waals surface area contributed by atoms with E-state index in [1.807, 2.05) is 55.6 Å². The number of methoxy groups -OCH3 is 1. The highest BCUT2D eigenvalue weighted by atomic mass is 79.9. The molecule has 0 aliphatic rings. The number of aromatic nitrogens is 1. The number of rotatable bonds is 5. The third-order valence-electron chi connectivity index (χ3n) is 4.08. The Morgan fingerprint density at radius 2 is 2.08 bits per heavy atom. The van der Waals surface area contributed by atoms with Crippen molar-refractivity contribution in [1.82, 2.24) is 10.3 Å². The Balaban J connectivity index is 1.69. The van der Waals surface area contributed by atoms with Crippen molar-refractivity contribution in [3.8, 4) is 5.75 Å². The van der Waals surface area contributed by atoms with Crippen LogP contribution in [0, 0.1) is 0 Å². The lowest BCUT2D eigenvalue weighted by molar-refractivity contribution is -0.121. The average molecular weight is 387 g/mol. The molecular weight excluding hydrogens is 368 g/mol. The van der Waals surface area contributed by atoms with Crippen molar-refractivity contribution in [2.24, 2.45) is 0 Å². The zero-order chi connectivity index (χ0) is 17.1. The van der Waals surface area contributed by atoms with Crippen LogP contribution in [0.15, 0.2) is 53.1 Å². The van der Waals surface area contributed by atoms with E-state index in [1.54, 1.807) is 7.11 Å². The van der Waals surface area contributed by atoms with Gasteiger partial charge >= 0.3 is 0 Å². The van der Waals surface area contributed by atoms with Gasteiger partial charge in [-0.2, -0.15) is 0 Å². The van der Waals surface area contributed by atoms with Gasteiger partial charge in [0, 0.05) is 17.1 Å². The first-order valence-corrected chi connectivity index (χ1v) is 8.55. The summed E-state index contributed by atoms with van der Waals surface area (Å²) in [5.74, 6) is 0.773. The second kappa shape index (κ2) is 7.09. The maximum atomic E-state index is 12.4. The molecule has 2 N–H and O–H groups in total. The predicted octanol–water partition coefficient (Wildman–Crippen LogP) is 4.36. The van der Waals surface area contributed by atoms with Gasteiger partial charge in [0.2, 0.25) is 5.91 Å². The van der Waals surface area contributed by atoms with Gasteiger partial charge in [0.15, 0.2) is 0 Å². The molecular formula is C19H19BrN2O2. The molecule has 3 aromatic rings. The number of carbonyl (C=O) groups excluding carboxylic acids is 1. The molecule has 4 nitrogen and oxygen atoms in total. The average Bonchev–Trinajstić information content (AvgIpc) is 2.97. The van der Waals surface area contributed by atoms with Crippen LogP contribution in [0.1, 0.15) is 24.1 Å². The van der Waals surface area contributed by atoms with E-state index < -0.39 is 0 Å².